The van der Waals surface area contributed by atoms with Crippen LogP contribution in [0.1, 0.15) is 25.0 Å². The van der Waals surface area contributed by atoms with Gasteiger partial charge in [-0.3, -0.25) is 4.57 Å². The molecule has 1 aliphatic heterocycles. The van der Waals surface area contributed by atoms with E-state index in [1.54, 1.807) is 0 Å². The molecule has 4 heteroatoms. The maximum absolute atomic E-state index is 5.65. The zero-order valence-corrected chi connectivity index (χ0v) is 30.2. The first-order valence-corrected chi connectivity index (χ1v) is 19.0. The number of nitrogens with zero attached hydrogens (tertiary/aromatic N) is 3. The summed E-state index contributed by atoms with van der Waals surface area (Å²) >= 11 is 1.88. The molecular weight excluding hydrogens is 663 g/mol. The van der Waals surface area contributed by atoms with Crippen LogP contribution in [0.2, 0.25) is 0 Å². The largest absolute Gasteiger partial charge is 0.277 e. The second-order valence-corrected chi connectivity index (χ2v) is 15.6. The third-order valence-corrected chi connectivity index (χ3v) is 12.4. The number of para-hydroxylation sites is 1. The maximum Gasteiger partial charge on any atom is 0.235 e. The Balaban J connectivity index is 1.30. The molecule has 0 amide bonds. The fourth-order valence-electron chi connectivity index (χ4n) is 8.81. The molecular formula is C49H33N3S. The van der Waals surface area contributed by atoms with Crippen LogP contribution in [-0.2, 0) is 5.41 Å². The molecule has 0 atom stereocenters. The molecule has 3 heterocycles. The Bertz CT molecular complexity index is 3120. The Morgan fingerprint density at radius 2 is 1.21 bits per heavy atom. The van der Waals surface area contributed by atoms with Gasteiger partial charge < -0.3 is 0 Å². The van der Waals surface area contributed by atoms with Gasteiger partial charge in [0.2, 0.25) is 5.95 Å². The Labute approximate surface area is 311 Å². The lowest BCUT2D eigenvalue weighted by atomic mass is 9.75. The minimum Gasteiger partial charge on any atom is -0.277 e. The smallest absolute Gasteiger partial charge is 0.235 e. The molecule has 0 saturated carbocycles. The van der Waals surface area contributed by atoms with Crippen LogP contribution in [0.3, 0.4) is 0 Å². The van der Waals surface area contributed by atoms with E-state index in [1.807, 2.05) is 11.8 Å². The van der Waals surface area contributed by atoms with Gasteiger partial charge >= 0.3 is 0 Å². The lowest BCUT2D eigenvalue weighted by molar-refractivity contribution is 0.615. The van der Waals surface area contributed by atoms with E-state index in [0.717, 1.165) is 44.1 Å². The molecule has 11 rings (SSSR count). The summed E-state index contributed by atoms with van der Waals surface area (Å²) in [6.07, 6.45) is 0. The number of hydrogen-bond donors (Lipinski definition) is 0. The summed E-state index contributed by atoms with van der Waals surface area (Å²) in [6, 6.07) is 59.0. The second kappa shape index (κ2) is 11.4. The van der Waals surface area contributed by atoms with E-state index in [2.05, 4.69) is 182 Å². The molecule has 250 valence electrons. The molecule has 0 radical (unpaired) electrons. The Morgan fingerprint density at radius 1 is 0.528 bits per heavy atom. The van der Waals surface area contributed by atoms with Crippen molar-refractivity contribution >= 4 is 66.0 Å². The molecule has 1 aliphatic rings. The van der Waals surface area contributed by atoms with Crippen molar-refractivity contribution < 1.29 is 0 Å². The van der Waals surface area contributed by atoms with Crippen molar-refractivity contribution in [2.45, 2.75) is 29.1 Å². The highest BCUT2D eigenvalue weighted by atomic mass is 32.2. The number of benzene rings is 8. The zero-order chi connectivity index (χ0) is 35.3. The van der Waals surface area contributed by atoms with E-state index < -0.39 is 0 Å². The van der Waals surface area contributed by atoms with Gasteiger partial charge in [-0.25, -0.2) is 9.97 Å². The van der Waals surface area contributed by atoms with Gasteiger partial charge in [0, 0.05) is 36.9 Å². The maximum atomic E-state index is 5.65. The predicted octanol–water partition coefficient (Wildman–Crippen LogP) is 13.2. The highest BCUT2D eigenvalue weighted by molar-refractivity contribution is 7.99. The van der Waals surface area contributed by atoms with Gasteiger partial charge in [0.1, 0.15) is 0 Å². The highest BCUT2D eigenvalue weighted by Crippen LogP contribution is 2.56. The van der Waals surface area contributed by atoms with Gasteiger partial charge in [0.25, 0.3) is 0 Å². The third kappa shape index (κ3) is 4.43. The molecule has 53 heavy (non-hydrogen) atoms. The summed E-state index contributed by atoms with van der Waals surface area (Å²) in [6.45, 7) is 4.76. The fraction of sp³-hybridized carbons (Fsp3) is 0.0612. The summed E-state index contributed by atoms with van der Waals surface area (Å²) in [4.78, 5) is 13.7. The van der Waals surface area contributed by atoms with E-state index in [-0.39, 0.29) is 5.41 Å². The summed E-state index contributed by atoms with van der Waals surface area (Å²) in [5.74, 6) is 0.675. The second-order valence-electron chi connectivity index (χ2n) is 14.5. The topological polar surface area (TPSA) is 30.7 Å². The number of hydrogen-bond acceptors (Lipinski definition) is 3. The SMILES string of the molecule is CC1(C)c2ccccc2Sc2c1c1ccccc1c1c3ccccc3n(-c3nc(-c4cccc(-c5ccccc5)c4)c4c(ccc5ccccc54)n3)c21. The van der Waals surface area contributed by atoms with Crippen molar-refractivity contribution in [3.05, 3.63) is 175 Å². The first-order valence-electron chi connectivity index (χ1n) is 18.2. The summed E-state index contributed by atoms with van der Waals surface area (Å²) in [5, 5.41) is 8.39. The molecule has 0 unspecified atom stereocenters. The van der Waals surface area contributed by atoms with Crippen LogP contribution in [0.15, 0.2) is 174 Å². The predicted molar refractivity (Wildman–Crippen MR) is 222 cm³/mol. The quantitative estimate of drug-likeness (QED) is 0.172. The lowest BCUT2D eigenvalue weighted by Crippen LogP contribution is -2.24. The number of fused-ring (bicyclic) bond motifs is 12. The molecule has 2 aromatic heterocycles. The van der Waals surface area contributed by atoms with Crippen LogP contribution < -0.4 is 0 Å². The third-order valence-electron chi connectivity index (χ3n) is 11.2. The van der Waals surface area contributed by atoms with Crippen LogP contribution in [-0.4, -0.2) is 14.5 Å². The van der Waals surface area contributed by atoms with Gasteiger partial charge in [-0.15, -0.1) is 0 Å². The summed E-state index contributed by atoms with van der Waals surface area (Å²) < 4.78 is 2.35. The average Bonchev–Trinajstić information content (AvgIpc) is 3.56. The minimum absolute atomic E-state index is 0.224. The van der Waals surface area contributed by atoms with E-state index in [1.165, 1.54) is 53.4 Å². The van der Waals surface area contributed by atoms with Crippen molar-refractivity contribution in [3.63, 3.8) is 0 Å². The highest BCUT2D eigenvalue weighted by Gasteiger charge is 2.37. The van der Waals surface area contributed by atoms with Gasteiger partial charge in [0.15, 0.2) is 0 Å². The van der Waals surface area contributed by atoms with Crippen molar-refractivity contribution in [2.24, 2.45) is 0 Å². The van der Waals surface area contributed by atoms with E-state index in [9.17, 15) is 0 Å². The number of aromatic nitrogens is 3. The van der Waals surface area contributed by atoms with Crippen LogP contribution in [0.5, 0.6) is 0 Å². The fourth-order valence-corrected chi connectivity index (χ4v) is 10.4. The Kier molecular flexibility index (Phi) is 6.53. The number of rotatable bonds is 3. The molecule has 8 aromatic carbocycles. The molecule has 0 saturated heterocycles. The monoisotopic (exact) mass is 695 g/mol. The van der Waals surface area contributed by atoms with Crippen LogP contribution in [0.4, 0.5) is 0 Å². The van der Waals surface area contributed by atoms with Gasteiger partial charge in [0.05, 0.1) is 22.2 Å². The van der Waals surface area contributed by atoms with Gasteiger partial charge in [-0.05, 0) is 68.1 Å². The summed E-state index contributed by atoms with van der Waals surface area (Å²) in [7, 11) is 0. The molecule has 0 N–H and O–H groups in total. The van der Waals surface area contributed by atoms with Crippen molar-refractivity contribution in [1.82, 2.24) is 14.5 Å². The normalized spacial score (nSPS) is 13.5. The zero-order valence-electron chi connectivity index (χ0n) is 29.3. The van der Waals surface area contributed by atoms with E-state index >= 15 is 0 Å². The van der Waals surface area contributed by atoms with Crippen LogP contribution in [0.25, 0.3) is 82.6 Å². The van der Waals surface area contributed by atoms with Crippen molar-refractivity contribution in [1.29, 1.82) is 0 Å². The van der Waals surface area contributed by atoms with Gasteiger partial charge in [-0.1, -0.05) is 165 Å². The average molecular weight is 696 g/mol. The first kappa shape index (κ1) is 30.4. The molecule has 10 aromatic rings. The Morgan fingerprint density at radius 3 is 2.08 bits per heavy atom. The van der Waals surface area contributed by atoms with E-state index in [0.29, 0.717) is 5.95 Å². The Hall–Kier alpha value is -6.23. The standard InChI is InChI=1S/C49H33N3S/c1-49(2)38-24-11-13-26-41(38)53-47-44(49)36-22-9-8-21-35(36)42-37-23-10-12-25-40(37)52(46(42)47)48-50-39-28-27-31-17-6-7-20-34(31)43(39)45(51-48)33-19-14-18-32(29-33)30-15-4-3-5-16-30/h3-29H,1-2H3. The van der Waals surface area contributed by atoms with Crippen LogP contribution in [0, 0.1) is 0 Å². The van der Waals surface area contributed by atoms with E-state index in [4.69, 9.17) is 9.97 Å². The molecule has 0 aliphatic carbocycles. The molecule has 3 nitrogen and oxygen atoms in total. The van der Waals surface area contributed by atoms with Crippen molar-refractivity contribution in [2.75, 3.05) is 0 Å². The van der Waals surface area contributed by atoms with Crippen molar-refractivity contribution in [3.8, 4) is 28.3 Å². The lowest BCUT2D eigenvalue weighted by Gasteiger charge is -2.36. The molecule has 0 bridgehead atoms. The summed E-state index contributed by atoms with van der Waals surface area (Å²) in [5.41, 5.74) is 10.0. The molecule has 0 fully saturated rings. The molecule has 0 spiro atoms. The minimum atomic E-state index is -0.224. The van der Waals surface area contributed by atoms with Gasteiger partial charge in [-0.2, -0.15) is 0 Å². The van der Waals surface area contributed by atoms with Crippen LogP contribution >= 0.6 is 11.8 Å². The first-order chi connectivity index (χ1) is 26.1.